The molecular formula is C18H33N. The number of nitrogens with zero attached hydrogens (tertiary/aromatic N) is 1. The molecule has 1 atom stereocenters. The molecule has 0 amide bonds. The highest BCUT2D eigenvalue weighted by Gasteiger charge is 2.15. The smallest absolute Gasteiger partial charge is 0.0394 e. The lowest BCUT2D eigenvalue weighted by Crippen LogP contribution is -2.05. The van der Waals surface area contributed by atoms with Crippen LogP contribution in [-0.2, 0) is 0 Å². The van der Waals surface area contributed by atoms with Crippen molar-refractivity contribution >= 4 is 5.71 Å². The molecule has 0 aromatic carbocycles. The van der Waals surface area contributed by atoms with E-state index in [1.165, 1.54) is 76.3 Å². The van der Waals surface area contributed by atoms with Gasteiger partial charge in [0.15, 0.2) is 0 Å². The molecule has 0 aromatic rings. The maximum atomic E-state index is 4.49. The van der Waals surface area contributed by atoms with Gasteiger partial charge in [0.2, 0.25) is 0 Å². The van der Waals surface area contributed by atoms with Crippen LogP contribution in [0.1, 0.15) is 84.5 Å². The lowest BCUT2D eigenvalue weighted by Gasteiger charge is -2.08. The van der Waals surface area contributed by atoms with Crippen molar-refractivity contribution < 1.29 is 0 Å². The predicted molar refractivity (Wildman–Crippen MR) is 87.1 cm³/mol. The van der Waals surface area contributed by atoms with Crippen molar-refractivity contribution in [2.75, 3.05) is 6.54 Å². The van der Waals surface area contributed by atoms with Crippen LogP contribution in [0.3, 0.4) is 0 Å². The van der Waals surface area contributed by atoms with E-state index in [4.69, 9.17) is 0 Å². The average molecular weight is 263 g/mol. The van der Waals surface area contributed by atoms with Crippen LogP contribution in [0.4, 0.5) is 0 Å². The molecule has 1 unspecified atom stereocenters. The van der Waals surface area contributed by atoms with Gasteiger partial charge in [-0.2, -0.15) is 0 Å². The molecule has 1 aliphatic heterocycles. The van der Waals surface area contributed by atoms with Gasteiger partial charge in [-0.25, -0.2) is 0 Å². The molecule has 0 spiro atoms. The van der Waals surface area contributed by atoms with Gasteiger partial charge in [0.05, 0.1) is 0 Å². The summed E-state index contributed by atoms with van der Waals surface area (Å²) in [5.41, 5.74) is 1.41. The second kappa shape index (κ2) is 11.3. The van der Waals surface area contributed by atoms with Crippen LogP contribution >= 0.6 is 0 Å². The minimum Gasteiger partial charge on any atom is -0.294 e. The molecular weight excluding hydrogens is 230 g/mol. The Hall–Kier alpha value is -0.590. The standard InChI is InChI=1S/C18H33N/c1-3-4-5-6-7-8-9-10-11-12-13-14-18-15-16-19-17(18)2/h9-10,18H,3-8,11-16H2,1-2H3. The molecule has 0 N–H and O–H groups in total. The van der Waals surface area contributed by atoms with Gasteiger partial charge in [0, 0.05) is 12.3 Å². The van der Waals surface area contributed by atoms with Gasteiger partial charge in [0.1, 0.15) is 0 Å². The van der Waals surface area contributed by atoms with Crippen LogP contribution in [0.5, 0.6) is 0 Å². The van der Waals surface area contributed by atoms with Gasteiger partial charge < -0.3 is 0 Å². The summed E-state index contributed by atoms with van der Waals surface area (Å²) in [6.45, 7) is 5.56. The third kappa shape index (κ3) is 8.23. The van der Waals surface area contributed by atoms with Crippen LogP contribution in [0, 0.1) is 5.92 Å². The topological polar surface area (TPSA) is 12.4 Å². The van der Waals surface area contributed by atoms with E-state index in [9.17, 15) is 0 Å². The molecule has 0 saturated heterocycles. The number of rotatable bonds is 11. The Balaban J connectivity index is 1.84. The van der Waals surface area contributed by atoms with E-state index in [0.29, 0.717) is 0 Å². The first kappa shape index (κ1) is 16.5. The Bertz CT molecular complexity index is 265. The molecule has 1 heteroatoms. The molecule has 1 nitrogen and oxygen atoms in total. The molecule has 0 aliphatic carbocycles. The summed E-state index contributed by atoms with van der Waals surface area (Å²) in [5.74, 6) is 0.808. The summed E-state index contributed by atoms with van der Waals surface area (Å²) in [6, 6.07) is 0. The minimum atomic E-state index is 0.808. The average Bonchev–Trinajstić information content (AvgIpc) is 2.82. The number of hydrogen-bond acceptors (Lipinski definition) is 1. The van der Waals surface area contributed by atoms with Crippen LogP contribution in [0.25, 0.3) is 0 Å². The third-order valence-corrected chi connectivity index (χ3v) is 4.24. The van der Waals surface area contributed by atoms with Crippen molar-refractivity contribution in [3.05, 3.63) is 12.2 Å². The van der Waals surface area contributed by atoms with Crippen LogP contribution < -0.4 is 0 Å². The third-order valence-electron chi connectivity index (χ3n) is 4.24. The summed E-state index contributed by atoms with van der Waals surface area (Å²) < 4.78 is 0. The second-order valence-corrected chi connectivity index (χ2v) is 5.97. The van der Waals surface area contributed by atoms with Gasteiger partial charge in [-0.3, -0.25) is 4.99 Å². The van der Waals surface area contributed by atoms with Crippen molar-refractivity contribution in [1.82, 2.24) is 0 Å². The van der Waals surface area contributed by atoms with E-state index < -0.39 is 0 Å². The van der Waals surface area contributed by atoms with Gasteiger partial charge in [-0.1, -0.05) is 51.2 Å². The fourth-order valence-corrected chi connectivity index (χ4v) is 2.84. The minimum absolute atomic E-state index is 0.808. The Morgan fingerprint density at radius 2 is 1.68 bits per heavy atom. The highest BCUT2D eigenvalue weighted by Crippen LogP contribution is 2.20. The SMILES string of the molecule is CCCCCCCC=CCCCCC1CCN=C1C. The molecule has 0 bridgehead atoms. The molecule has 0 fully saturated rings. The lowest BCUT2D eigenvalue weighted by molar-refractivity contribution is 0.566. The molecule has 1 heterocycles. The van der Waals surface area contributed by atoms with Crippen molar-refractivity contribution in [3.8, 4) is 0 Å². The molecule has 1 rings (SSSR count). The van der Waals surface area contributed by atoms with Gasteiger partial charge >= 0.3 is 0 Å². The first-order valence-corrected chi connectivity index (χ1v) is 8.50. The first-order chi connectivity index (χ1) is 9.34. The summed E-state index contributed by atoms with van der Waals surface area (Å²) >= 11 is 0. The summed E-state index contributed by atoms with van der Waals surface area (Å²) in [4.78, 5) is 4.49. The van der Waals surface area contributed by atoms with Crippen molar-refractivity contribution in [3.63, 3.8) is 0 Å². The van der Waals surface area contributed by atoms with E-state index in [-0.39, 0.29) is 0 Å². The Kier molecular flexibility index (Phi) is 9.75. The summed E-state index contributed by atoms with van der Waals surface area (Å²) in [7, 11) is 0. The van der Waals surface area contributed by atoms with Gasteiger partial charge in [0.25, 0.3) is 0 Å². The van der Waals surface area contributed by atoms with E-state index in [0.717, 1.165) is 12.5 Å². The first-order valence-electron chi connectivity index (χ1n) is 8.50. The quantitative estimate of drug-likeness (QED) is 0.323. The molecule has 0 radical (unpaired) electrons. The van der Waals surface area contributed by atoms with E-state index in [2.05, 4.69) is 31.0 Å². The molecule has 1 aliphatic rings. The zero-order valence-electron chi connectivity index (χ0n) is 13.2. The second-order valence-electron chi connectivity index (χ2n) is 5.97. The van der Waals surface area contributed by atoms with Crippen molar-refractivity contribution in [2.45, 2.75) is 84.5 Å². The van der Waals surface area contributed by atoms with Crippen molar-refractivity contribution in [1.29, 1.82) is 0 Å². The monoisotopic (exact) mass is 263 g/mol. The van der Waals surface area contributed by atoms with E-state index in [1.54, 1.807) is 0 Å². The highest BCUT2D eigenvalue weighted by atomic mass is 14.8. The lowest BCUT2D eigenvalue weighted by atomic mass is 9.96. The van der Waals surface area contributed by atoms with E-state index in [1.807, 2.05) is 0 Å². The molecule has 19 heavy (non-hydrogen) atoms. The van der Waals surface area contributed by atoms with Crippen LogP contribution in [0.15, 0.2) is 17.1 Å². The maximum Gasteiger partial charge on any atom is 0.0394 e. The molecule has 0 saturated carbocycles. The zero-order valence-corrected chi connectivity index (χ0v) is 13.2. The van der Waals surface area contributed by atoms with Crippen LogP contribution in [0.2, 0.25) is 0 Å². The fourth-order valence-electron chi connectivity index (χ4n) is 2.84. The Labute approximate surface area is 120 Å². The molecule has 0 aromatic heterocycles. The predicted octanol–water partition coefficient (Wildman–Crippen LogP) is 5.94. The van der Waals surface area contributed by atoms with Crippen molar-refractivity contribution in [2.24, 2.45) is 10.9 Å². The van der Waals surface area contributed by atoms with Gasteiger partial charge in [-0.05, 0) is 51.4 Å². The van der Waals surface area contributed by atoms with E-state index >= 15 is 0 Å². The Morgan fingerprint density at radius 3 is 2.32 bits per heavy atom. The van der Waals surface area contributed by atoms with Gasteiger partial charge in [-0.15, -0.1) is 0 Å². The fraction of sp³-hybridized carbons (Fsp3) is 0.833. The molecule has 110 valence electrons. The normalized spacial score (nSPS) is 19.3. The zero-order chi connectivity index (χ0) is 13.8. The summed E-state index contributed by atoms with van der Waals surface area (Å²) in [6.07, 6.45) is 19.7. The largest absolute Gasteiger partial charge is 0.294 e. The number of unbranched alkanes of at least 4 members (excludes halogenated alkanes) is 7. The van der Waals surface area contributed by atoms with Crippen LogP contribution in [-0.4, -0.2) is 12.3 Å². The highest BCUT2D eigenvalue weighted by molar-refractivity contribution is 5.85. The number of aliphatic imine (C=N–C) groups is 1. The number of allylic oxidation sites excluding steroid dienone is 2. The number of hydrogen-bond donors (Lipinski definition) is 0. The summed E-state index contributed by atoms with van der Waals surface area (Å²) in [5, 5.41) is 0. The Morgan fingerprint density at radius 1 is 1.00 bits per heavy atom. The maximum absolute atomic E-state index is 4.49.